The van der Waals surface area contributed by atoms with Crippen LogP contribution in [0.25, 0.3) is 0 Å². The third kappa shape index (κ3) is 2.75. The Kier molecular flexibility index (Phi) is 3.40. The molecule has 0 saturated heterocycles. The highest BCUT2D eigenvalue weighted by Crippen LogP contribution is 2.16. The monoisotopic (exact) mass is 221 g/mol. The minimum absolute atomic E-state index is 0.0313. The molecule has 74 valence electrons. The molecule has 1 rings (SSSR count). The summed E-state index contributed by atoms with van der Waals surface area (Å²) in [5.74, 6) is -0.0313. The van der Waals surface area contributed by atoms with Crippen LogP contribution in [0.1, 0.15) is 12.1 Å². The van der Waals surface area contributed by atoms with Gasteiger partial charge in [0.2, 0.25) is 14.2 Å². The number of hydrogen-bond donors (Lipinski definition) is 1. The van der Waals surface area contributed by atoms with Crippen molar-refractivity contribution in [3.8, 4) is 0 Å². The summed E-state index contributed by atoms with van der Waals surface area (Å²) in [4.78, 5) is 3.88. The average molecular weight is 221 g/mol. The van der Waals surface area contributed by atoms with Gasteiger partial charge in [0.25, 0.3) is 0 Å². The molecule has 0 aliphatic rings. The van der Waals surface area contributed by atoms with Gasteiger partial charge in [-0.25, -0.2) is 13.4 Å². The van der Waals surface area contributed by atoms with E-state index >= 15 is 0 Å². The number of sulfone groups is 1. The summed E-state index contributed by atoms with van der Waals surface area (Å²) in [5.41, 5.74) is 0.715. The van der Waals surface area contributed by atoms with Crippen LogP contribution in [0.5, 0.6) is 0 Å². The van der Waals surface area contributed by atoms with Crippen molar-refractivity contribution in [3.63, 3.8) is 0 Å². The predicted octanol–water partition coefficient (Wildman–Crippen LogP) is 0.608. The molecule has 1 N–H and O–H groups in total. The highest BCUT2D eigenvalue weighted by atomic mass is 32.2. The Labute approximate surface area is 81.2 Å². The molecule has 6 heteroatoms. The summed E-state index contributed by atoms with van der Waals surface area (Å²) < 4.78 is 23.0. The van der Waals surface area contributed by atoms with Crippen molar-refractivity contribution < 1.29 is 13.5 Å². The van der Waals surface area contributed by atoms with Crippen molar-refractivity contribution in [1.82, 2.24) is 4.98 Å². The molecular formula is C7H11NO3S2. The zero-order valence-corrected chi connectivity index (χ0v) is 8.86. The molecule has 0 unspecified atom stereocenters. The zero-order valence-electron chi connectivity index (χ0n) is 7.23. The first-order valence-electron chi connectivity index (χ1n) is 3.82. The molecule has 1 aromatic rings. The summed E-state index contributed by atoms with van der Waals surface area (Å²) in [6.07, 6.45) is 0.265. The second kappa shape index (κ2) is 4.17. The number of aryl methyl sites for hydroxylation is 1. The van der Waals surface area contributed by atoms with E-state index in [1.54, 1.807) is 12.3 Å². The van der Waals surface area contributed by atoms with Crippen molar-refractivity contribution in [2.24, 2.45) is 0 Å². The Balaban J connectivity index is 2.82. The van der Waals surface area contributed by atoms with E-state index in [1.165, 1.54) is 0 Å². The van der Waals surface area contributed by atoms with Gasteiger partial charge in [-0.05, 0) is 13.3 Å². The van der Waals surface area contributed by atoms with Gasteiger partial charge in [0.1, 0.15) is 0 Å². The van der Waals surface area contributed by atoms with Crippen LogP contribution in [-0.4, -0.2) is 30.9 Å². The van der Waals surface area contributed by atoms with Crippen LogP contribution in [0.3, 0.4) is 0 Å². The molecular weight excluding hydrogens is 210 g/mol. The minimum Gasteiger partial charge on any atom is -0.396 e. The van der Waals surface area contributed by atoms with Gasteiger partial charge in [-0.2, -0.15) is 0 Å². The number of aromatic nitrogens is 1. The average Bonchev–Trinajstić information content (AvgIpc) is 2.49. The molecule has 0 bridgehead atoms. The minimum atomic E-state index is -3.25. The summed E-state index contributed by atoms with van der Waals surface area (Å²) in [5, 5.41) is 10.2. The molecule has 13 heavy (non-hydrogen) atoms. The van der Waals surface area contributed by atoms with Gasteiger partial charge in [-0.1, -0.05) is 0 Å². The number of hydrogen-bond acceptors (Lipinski definition) is 5. The summed E-state index contributed by atoms with van der Waals surface area (Å²) in [6, 6.07) is 0. The highest BCUT2D eigenvalue weighted by Gasteiger charge is 2.17. The molecule has 1 heterocycles. The standard InChI is InChI=1S/C7H11NO3S2/c1-6-5-12-7(8-6)13(10,11)4-2-3-9/h5,9H,2-4H2,1H3. The number of rotatable bonds is 4. The molecule has 0 aliphatic heterocycles. The van der Waals surface area contributed by atoms with Crippen molar-refractivity contribution in [1.29, 1.82) is 0 Å². The third-order valence-electron chi connectivity index (χ3n) is 1.44. The molecule has 0 amide bonds. The fourth-order valence-electron chi connectivity index (χ4n) is 0.817. The third-order valence-corrected chi connectivity index (χ3v) is 4.69. The first-order chi connectivity index (χ1) is 6.06. The lowest BCUT2D eigenvalue weighted by Crippen LogP contribution is -2.07. The smallest absolute Gasteiger partial charge is 0.209 e. The number of aliphatic hydroxyl groups excluding tert-OH is 1. The van der Waals surface area contributed by atoms with E-state index in [0.29, 0.717) is 5.69 Å². The van der Waals surface area contributed by atoms with Gasteiger partial charge in [0, 0.05) is 17.7 Å². The Morgan fingerprint density at radius 3 is 2.77 bits per heavy atom. The SMILES string of the molecule is Cc1csc(S(=O)(=O)CCCO)n1. The number of thiazole rings is 1. The van der Waals surface area contributed by atoms with Gasteiger partial charge in [-0.15, -0.1) is 11.3 Å². The largest absolute Gasteiger partial charge is 0.396 e. The normalized spacial score (nSPS) is 11.8. The maximum absolute atomic E-state index is 11.4. The summed E-state index contributed by atoms with van der Waals surface area (Å²) in [6.45, 7) is 1.64. The predicted molar refractivity (Wildman–Crippen MR) is 50.6 cm³/mol. The van der Waals surface area contributed by atoms with Crippen molar-refractivity contribution in [3.05, 3.63) is 11.1 Å². The lowest BCUT2D eigenvalue weighted by atomic mass is 10.5. The van der Waals surface area contributed by atoms with E-state index in [0.717, 1.165) is 11.3 Å². The Hall–Kier alpha value is -0.460. The lowest BCUT2D eigenvalue weighted by Gasteiger charge is -1.97. The molecule has 4 nitrogen and oxygen atoms in total. The molecule has 0 saturated carbocycles. The summed E-state index contributed by atoms with van der Waals surface area (Å²) >= 11 is 1.13. The molecule has 0 atom stereocenters. The molecule has 0 radical (unpaired) electrons. The van der Waals surface area contributed by atoms with Gasteiger partial charge in [0.15, 0.2) is 0 Å². The molecule has 0 aromatic carbocycles. The zero-order chi connectivity index (χ0) is 9.90. The van der Waals surface area contributed by atoms with Crippen LogP contribution in [0, 0.1) is 6.92 Å². The van der Waals surface area contributed by atoms with Gasteiger partial charge in [0.05, 0.1) is 5.75 Å². The Morgan fingerprint density at radius 1 is 1.62 bits per heavy atom. The van der Waals surface area contributed by atoms with Crippen molar-refractivity contribution >= 4 is 21.2 Å². The van der Waals surface area contributed by atoms with Crippen LogP contribution in [0.15, 0.2) is 9.72 Å². The van der Waals surface area contributed by atoms with E-state index in [4.69, 9.17) is 5.11 Å². The molecule has 0 aliphatic carbocycles. The van der Waals surface area contributed by atoms with Gasteiger partial charge >= 0.3 is 0 Å². The van der Waals surface area contributed by atoms with Crippen LogP contribution < -0.4 is 0 Å². The van der Waals surface area contributed by atoms with E-state index in [2.05, 4.69) is 4.98 Å². The Bertz CT molecular complexity index is 369. The van der Waals surface area contributed by atoms with Crippen molar-refractivity contribution in [2.75, 3.05) is 12.4 Å². The van der Waals surface area contributed by atoms with E-state index in [9.17, 15) is 8.42 Å². The molecule has 0 spiro atoms. The quantitative estimate of drug-likeness (QED) is 0.808. The van der Waals surface area contributed by atoms with Crippen LogP contribution in [-0.2, 0) is 9.84 Å². The number of nitrogens with zero attached hydrogens (tertiary/aromatic N) is 1. The van der Waals surface area contributed by atoms with Crippen LogP contribution in [0.4, 0.5) is 0 Å². The topological polar surface area (TPSA) is 67.3 Å². The second-order valence-electron chi connectivity index (χ2n) is 2.65. The van der Waals surface area contributed by atoms with Crippen LogP contribution in [0.2, 0.25) is 0 Å². The maximum Gasteiger partial charge on any atom is 0.209 e. The maximum atomic E-state index is 11.4. The fraction of sp³-hybridized carbons (Fsp3) is 0.571. The van der Waals surface area contributed by atoms with E-state index in [1.807, 2.05) is 0 Å². The lowest BCUT2D eigenvalue weighted by molar-refractivity contribution is 0.295. The van der Waals surface area contributed by atoms with E-state index < -0.39 is 9.84 Å². The second-order valence-corrected chi connectivity index (χ2v) is 5.79. The van der Waals surface area contributed by atoms with Crippen LogP contribution >= 0.6 is 11.3 Å². The van der Waals surface area contributed by atoms with Gasteiger partial charge < -0.3 is 5.11 Å². The Morgan fingerprint density at radius 2 is 2.31 bits per heavy atom. The first kappa shape index (κ1) is 10.6. The fourth-order valence-corrected chi connectivity index (χ4v) is 3.29. The first-order valence-corrected chi connectivity index (χ1v) is 6.35. The van der Waals surface area contributed by atoms with Gasteiger partial charge in [-0.3, -0.25) is 0 Å². The van der Waals surface area contributed by atoms with Crippen molar-refractivity contribution in [2.45, 2.75) is 17.7 Å². The number of aliphatic hydroxyl groups is 1. The highest BCUT2D eigenvalue weighted by molar-refractivity contribution is 7.93. The molecule has 0 fully saturated rings. The summed E-state index contributed by atoms with van der Waals surface area (Å²) in [7, 11) is -3.25. The van der Waals surface area contributed by atoms with E-state index in [-0.39, 0.29) is 23.1 Å². The molecule has 1 aromatic heterocycles.